The quantitative estimate of drug-likeness (QED) is 0.888. The molecular formula is C15H25N3O2. The maximum atomic E-state index is 11.1. The van der Waals surface area contributed by atoms with Crippen molar-refractivity contribution in [1.82, 2.24) is 15.8 Å². The van der Waals surface area contributed by atoms with Gasteiger partial charge >= 0.3 is 0 Å². The van der Waals surface area contributed by atoms with E-state index in [2.05, 4.69) is 22.7 Å². The van der Waals surface area contributed by atoms with Crippen molar-refractivity contribution < 1.29 is 9.32 Å². The first-order valence-electron chi connectivity index (χ1n) is 7.43. The highest BCUT2D eigenvalue weighted by molar-refractivity contribution is 5.73. The van der Waals surface area contributed by atoms with Crippen LogP contribution in [0.5, 0.6) is 0 Å². The largest absolute Gasteiger partial charge is 0.361 e. The van der Waals surface area contributed by atoms with Crippen LogP contribution in [0.3, 0.4) is 0 Å². The summed E-state index contributed by atoms with van der Waals surface area (Å²) in [6.45, 7) is 7.69. The Kier molecular flexibility index (Phi) is 4.81. The molecule has 1 heterocycles. The zero-order valence-electron chi connectivity index (χ0n) is 12.8. The molecule has 112 valence electrons. The van der Waals surface area contributed by atoms with Crippen molar-refractivity contribution in [3.8, 4) is 0 Å². The minimum absolute atomic E-state index is 0.0745. The fraction of sp³-hybridized carbons (Fsp3) is 0.733. The molecule has 2 rings (SSSR count). The van der Waals surface area contributed by atoms with Crippen molar-refractivity contribution in [1.29, 1.82) is 0 Å². The van der Waals surface area contributed by atoms with Crippen LogP contribution in [0.15, 0.2) is 4.52 Å². The van der Waals surface area contributed by atoms with E-state index in [4.69, 9.17) is 4.52 Å². The monoisotopic (exact) mass is 279 g/mol. The second-order valence-corrected chi connectivity index (χ2v) is 5.88. The Morgan fingerprint density at radius 1 is 1.25 bits per heavy atom. The number of carbonyl (C=O) groups excluding carboxylic acids is 1. The average Bonchev–Trinajstić information content (AvgIpc) is 2.71. The van der Waals surface area contributed by atoms with E-state index in [1.54, 1.807) is 6.92 Å². The maximum absolute atomic E-state index is 11.1. The topological polar surface area (TPSA) is 67.2 Å². The van der Waals surface area contributed by atoms with Crippen LogP contribution in [-0.2, 0) is 4.79 Å². The van der Waals surface area contributed by atoms with Gasteiger partial charge in [-0.1, -0.05) is 5.16 Å². The minimum atomic E-state index is 0.0745. The molecule has 1 aliphatic carbocycles. The van der Waals surface area contributed by atoms with Crippen LogP contribution in [0.2, 0.25) is 0 Å². The molecule has 5 nitrogen and oxygen atoms in total. The molecule has 1 fully saturated rings. The minimum Gasteiger partial charge on any atom is -0.361 e. The van der Waals surface area contributed by atoms with Gasteiger partial charge in [0, 0.05) is 30.6 Å². The highest BCUT2D eigenvalue weighted by Gasteiger charge is 2.24. The van der Waals surface area contributed by atoms with E-state index in [1.165, 1.54) is 5.56 Å². The van der Waals surface area contributed by atoms with Crippen LogP contribution >= 0.6 is 0 Å². The lowest BCUT2D eigenvalue weighted by atomic mass is 9.90. The number of carbonyl (C=O) groups is 1. The highest BCUT2D eigenvalue weighted by Crippen LogP contribution is 2.25. The summed E-state index contributed by atoms with van der Waals surface area (Å²) in [5.41, 5.74) is 2.14. The van der Waals surface area contributed by atoms with E-state index in [0.717, 1.165) is 37.1 Å². The molecule has 1 aromatic heterocycles. The van der Waals surface area contributed by atoms with E-state index >= 15 is 0 Å². The number of aryl methyl sites for hydroxylation is 2. The van der Waals surface area contributed by atoms with Crippen molar-refractivity contribution in [2.75, 3.05) is 0 Å². The second kappa shape index (κ2) is 6.39. The summed E-state index contributed by atoms with van der Waals surface area (Å²) in [5.74, 6) is 0.972. The number of nitrogens with one attached hydrogen (secondary N) is 2. The van der Waals surface area contributed by atoms with Crippen LogP contribution in [0.1, 0.15) is 62.6 Å². The first-order chi connectivity index (χ1) is 9.47. The lowest BCUT2D eigenvalue weighted by molar-refractivity contribution is -0.119. The first kappa shape index (κ1) is 15.0. The van der Waals surface area contributed by atoms with Gasteiger partial charge in [0.2, 0.25) is 5.91 Å². The van der Waals surface area contributed by atoms with Crippen molar-refractivity contribution in [3.05, 3.63) is 17.0 Å². The summed E-state index contributed by atoms with van der Waals surface area (Å²) >= 11 is 0. The molecule has 0 aliphatic heterocycles. The maximum Gasteiger partial charge on any atom is 0.217 e. The van der Waals surface area contributed by atoms with Crippen molar-refractivity contribution in [2.45, 2.75) is 71.5 Å². The van der Waals surface area contributed by atoms with E-state index in [-0.39, 0.29) is 11.9 Å². The molecule has 0 saturated heterocycles. The van der Waals surface area contributed by atoms with Gasteiger partial charge in [0.15, 0.2) is 0 Å². The molecule has 1 atom stereocenters. The molecule has 1 aromatic rings. The molecular weight excluding hydrogens is 254 g/mol. The van der Waals surface area contributed by atoms with Crippen molar-refractivity contribution >= 4 is 5.91 Å². The molecule has 2 N–H and O–H groups in total. The Morgan fingerprint density at radius 2 is 1.85 bits per heavy atom. The van der Waals surface area contributed by atoms with E-state index in [9.17, 15) is 4.79 Å². The van der Waals surface area contributed by atoms with Gasteiger partial charge in [0.25, 0.3) is 0 Å². The van der Waals surface area contributed by atoms with Crippen molar-refractivity contribution in [2.24, 2.45) is 0 Å². The van der Waals surface area contributed by atoms with E-state index in [0.29, 0.717) is 12.1 Å². The molecule has 0 aromatic carbocycles. The van der Waals surface area contributed by atoms with Gasteiger partial charge in [0.05, 0.1) is 5.69 Å². The van der Waals surface area contributed by atoms with Crippen LogP contribution in [0.25, 0.3) is 0 Å². The molecule has 1 unspecified atom stereocenters. The first-order valence-corrected chi connectivity index (χ1v) is 7.43. The zero-order valence-corrected chi connectivity index (χ0v) is 12.8. The molecule has 20 heavy (non-hydrogen) atoms. The fourth-order valence-electron chi connectivity index (χ4n) is 3.24. The summed E-state index contributed by atoms with van der Waals surface area (Å²) in [4.78, 5) is 11.1. The van der Waals surface area contributed by atoms with Gasteiger partial charge in [-0.05, 0) is 46.5 Å². The summed E-state index contributed by atoms with van der Waals surface area (Å²) < 4.78 is 5.23. The molecule has 0 radical (unpaired) electrons. The third-order valence-electron chi connectivity index (χ3n) is 4.14. The number of hydrogen-bond donors (Lipinski definition) is 2. The molecule has 1 saturated carbocycles. The number of amides is 1. The third-order valence-corrected chi connectivity index (χ3v) is 4.14. The Bertz CT molecular complexity index is 442. The lowest BCUT2D eigenvalue weighted by Crippen LogP contribution is -2.42. The summed E-state index contributed by atoms with van der Waals surface area (Å²) in [6, 6.07) is 1.10. The number of nitrogens with zero attached hydrogens (tertiary/aromatic N) is 1. The van der Waals surface area contributed by atoms with Crippen LogP contribution < -0.4 is 10.6 Å². The van der Waals surface area contributed by atoms with Gasteiger partial charge in [-0.3, -0.25) is 4.79 Å². The fourth-order valence-corrected chi connectivity index (χ4v) is 3.24. The van der Waals surface area contributed by atoms with Gasteiger partial charge < -0.3 is 15.2 Å². The number of hydrogen-bond acceptors (Lipinski definition) is 4. The van der Waals surface area contributed by atoms with Gasteiger partial charge in [-0.15, -0.1) is 0 Å². The average molecular weight is 279 g/mol. The summed E-state index contributed by atoms with van der Waals surface area (Å²) in [5, 5.41) is 10.7. The van der Waals surface area contributed by atoms with Crippen LogP contribution in [-0.4, -0.2) is 23.1 Å². The van der Waals surface area contributed by atoms with E-state index in [1.807, 2.05) is 13.8 Å². The van der Waals surface area contributed by atoms with Crippen LogP contribution in [0, 0.1) is 13.8 Å². The predicted octanol–water partition coefficient (Wildman–Crippen LogP) is 2.39. The van der Waals surface area contributed by atoms with E-state index < -0.39 is 0 Å². The predicted molar refractivity (Wildman–Crippen MR) is 77.4 cm³/mol. The van der Waals surface area contributed by atoms with Crippen LogP contribution in [0.4, 0.5) is 0 Å². The highest BCUT2D eigenvalue weighted by atomic mass is 16.5. The third kappa shape index (κ3) is 3.60. The summed E-state index contributed by atoms with van der Waals surface area (Å²) in [6.07, 6.45) is 4.29. The molecule has 5 heteroatoms. The zero-order chi connectivity index (χ0) is 14.7. The van der Waals surface area contributed by atoms with Crippen molar-refractivity contribution in [3.63, 3.8) is 0 Å². The van der Waals surface area contributed by atoms with Gasteiger partial charge in [-0.2, -0.15) is 0 Å². The van der Waals surface area contributed by atoms with Gasteiger partial charge in [-0.25, -0.2) is 0 Å². The Balaban J connectivity index is 1.85. The smallest absolute Gasteiger partial charge is 0.217 e. The Hall–Kier alpha value is -1.36. The molecule has 0 bridgehead atoms. The number of rotatable bonds is 4. The lowest BCUT2D eigenvalue weighted by Gasteiger charge is -2.31. The SMILES string of the molecule is CC(=O)NC1CCC(NC(C)c2c(C)noc2C)CC1. The standard InChI is InChI=1S/C15H25N3O2/c1-9(15-10(2)18-20-11(15)3)16-13-5-7-14(8-6-13)17-12(4)19/h9,13-14,16H,5-8H2,1-4H3,(H,17,19). The van der Waals surface area contributed by atoms with Gasteiger partial charge in [0.1, 0.15) is 5.76 Å². The molecule has 1 amide bonds. The second-order valence-electron chi connectivity index (χ2n) is 5.88. The normalized spacial score (nSPS) is 24.4. The number of aromatic nitrogens is 1. The molecule has 0 spiro atoms. The Labute approximate surface area is 120 Å². The Morgan fingerprint density at radius 3 is 2.35 bits per heavy atom. The molecule has 1 aliphatic rings. The summed E-state index contributed by atoms with van der Waals surface area (Å²) in [7, 11) is 0.